The zero-order valence-electron chi connectivity index (χ0n) is 22.5. The number of fused-ring (bicyclic) bond motifs is 1. The Labute approximate surface area is 218 Å². The summed E-state index contributed by atoms with van der Waals surface area (Å²) in [5.41, 5.74) is 3.03. The fourth-order valence-electron chi connectivity index (χ4n) is 5.10. The highest BCUT2D eigenvalue weighted by atomic mass is 16.5. The first-order chi connectivity index (χ1) is 17.5. The number of benzene rings is 1. The van der Waals surface area contributed by atoms with Gasteiger partial charge >= 0.3 is 12.1 Å². The first-order valence-corrected chi connectivity index (χ1v) is 12.9. The van der Waals surface area contributed by atoms with Gasteiger partial charge in [-0.2, -0.15) is 0 Å². The Morgan fingerprint density at radius 3 is 2.46 bits per heavy atom. The molecule has 0 radical (unpaired) electrons. The monoisotopic (exact) mass is 510 g/mol. The molecule has 10 heteroatoms. The summed E-state index contributed by atoms with van der Waals surface area (Å²) in [5.74, 6) is 1.32. The van der Waals surface area contributed by atoms with E-state index in [0.717, 1.165) is 22.6 Å². The van der Waals surface area contributed by atoms with Crippen LogP contribution in [0.15, 0.2) is 24.3 Å². The Balaban J connectivity index is 1.85. The Bertz CT molecular complexity index is 1150. The molecular weight excluding hydrogens is 472 g/mol. The van der Waals surface area contributed by atoms with Crippen LogP contribution in [-0.4, -0.2) is 71.0 Å². The molecule has 3 heterocycles. The standard InChI is InChI=1S/C27H38N6O4/c1-7-28-25(34)29-19-10-8-18(9-11-19)23-30-22-17(3)33(26(35)36)14-20(27(4,5)6)21(22)24(31-23)32-12-13-37-15-16(32)2/h8-11,16-17,20H,7,12-15H2,1-6H3,(H,35,36)(H2,28,29,34)/t16-,17?,20+/m0/s1. The molecule has 4 rings (SSSR count). The van der Waals surface area contributed by atoms with Crippen molar-refractivity contribution < 1.29 is 19.4 Å². The number of ether oxygens (including phenoxy) is 1. The SMILES string of the molecule is CCNC(=O)Nc1ccc(-c2nc3c(c(N4CCOC[C@@H]4C)n2)[C@H](C(C)(C)C)CN(C(=O)O)C3C)cc1. The molecule has 3 atom stereocenters. The summed E-state index contributed by atoms with van der Waals surface area (Å²) >= 11 is 0. The lowest BCUT2D eigenvalue weighted by Gasteiger charge is -2.45. The van der Waals surface area contributed by atoms with Crippen LogP contribution in [0.5, 0.6) is 0 Å². The van der Waals surface area contributed by atoms with Crippen molar-refractivity contribution in [1.82, 2.24) is 20.2 Å². The van der Waals surface area contributed by atoms with Crippen molar-refractivity contribution in [1.29, 1.82) is 0 Å². The Morgan fingerprint density at radius 1 is 1.16 bits per heavy atom. The number of aromatic nitrogens is 2. The summed E-state index contributed by atoms with van der Waals surface area (Å²) in [4.78, 5) is 38.0. The van der Waals surface area contributed by atoms with Gasteiger partial charge in [0.15, 0.2) is 5.82 Å². The van der Waals surface area contributed by atoms with Crippen molar-refractivity contribution in [2.75, 3.05) is 43.1 Å². The van der Waals surface area contributed by atoms with Gasteiger partial charge in [0.05, 0.1) is 31.0 Å². The minimum absolute atomic E-state index is 0.0717. The first-order valence-electron chi connectivity index (χ1n) is 12.9. The molecule has 1 saturated heterocycles. The molecule has 1 aromatic carbocycles. The summed E-state index contributed by atoms with van der Waals surface area (Å²) in [6.07, 6.45) is -0.949. The molecule has 0 bridgehead atoms. The number of hydrogen-bond donors (Lipinski definition) is 3. The lowest BCUT2D eigenvalue weighted by molar-refractivity contribution is 0.0955. The van der Waals surface area contributed by atoms with E-state index in [0.29, 0.717) is 44.4 Å². The molecule has 2 aliphatic heterocycles. The van der Waals surface area contributed by atoms with Crippen molar-refractivity contribution in [3.8, 4) is 11.4 Å². The van der Waals surface area contributed by atoms with Crippen molar-refractivity contribution in [2.24, 2.45) is 5.41 Å². The van der Waals surface area contributed by atoms with Gasteiger partial charge in [-0.1, -0.05) is 20.8 Å². The molecule has 37 heavy (non-hydrogen) atoms. The summed E-state index contributed by atoms with van der Waals surface area (Å²) in [6.45, 7) is 15.1. The molecule has 0 spiro atoms. The van der Waals surface area contributed by atoms with Crippen LogP contribution in [0.2, 0.25) is 0 Å². The van der Waals surface area contributed by atoms with Crippen LogP contribution in [-0.2, 0) is 4.74 Å². The zero-order chi connectivity index (χ0) is 26.9. The van der Waals surface area contributed by atoms with E-state index in [-0.39, 0.29) is 23.4 Å². The molecule has 1 aromatic heterocycles. The number of morpholine rings is 1. The van der Waals surface area contributed by atoms with E-state index in [2.05, 4.69) is 43.2 Å². The van der Waals surface area contributed by atoms with Crippen LogP contribution in [0.25, 0.3) is 11.4 Å². The number of carbonyl (C=O) groups excluding carboxylic acids is 1. The number of rotatable bonds is 4. The summed E-state index contributed by atoms with van der Waals surface area (Å²) in [7, 11) is 0. The molecule has 2 aromatic rings. The summed E-state index contributed by atoms with van der Waals surface area (Å²) in [5, 5.41) is 15.5. The second-order valence-corrected chi connectivity index (χ2v) is 10.9. The van der Waals surface area contributed by atoms with Crippen molar-refractivity contribution >= 4 is 23.6 Å². The number of carbonyl (C=O) groups is 2. The number of urea groups is 1. The molecule has 0 saturated carbocycles. The van der Waals surface area contributed by atoms with Gasteiger partial charge in [0, 0.05) is 42.4 Å². The molecule has 1 fully saturated rings. The predicted molar refractivity (Wildman–Crippen MR) is 143 cm³/mol. The number of anilines is 2. The highest BCUT2D eigenvalue weighted by Gasteiger charge is 2.43. The highest BCUT2D eigenvalue weighted by Crippen LogP contribution is 2.48. The van der Waals surface area contributed by atoms with Gasteiger partial charge in [0.25, 0.3) is 0 Å². The number of amides is 3. The maximum Gasteiger partial charge on any atom is 0.407 e. The summed E-state index contributed by atoms with van der Waals surface area (Å²) < 4.78 is 5.71. The third kappa shape index (κ3) is 5.49. The normalized spacial score (nSPS) is 21.8. The van der Waals surface area contributed by atoms with E-state index >= 15 is 0 Å². The molecule has 2 aliphatic rings. The van der Waals surface area contributed by atoms with Gasteiger partial charge < -0.3 is 25.4 Å². The first kappa shape index (κ1) is 26.7. The van der Waals surface area contributed by atoms with Crippen LogP contribution in [0.1, 0.15) is 64.8 Å². The van der Waals surface area contributed by atoms with Gasteiger partial charge in [-0.15, -0.1) is 0 Å². The average molecular weight is 511 g/mol. The quantitative estimate of drug-likeness (QED) is 0.546. The van der Waals surface area contributed by atoms with E-state index in [1.54, 1.807) is 0 Å². The van der Waals surface area contributed by atoms with Gasteiger partial charge in [0.2, 0.25) is 0 Å². The van der Waals surface area contributed by atoms with E-state index < -0.39 is 12.1 Å². The van der Waals surface area contributed by atoms with E-state index in [4.69, 9.17) is 14.7 Å². The molecule has 200 valence electrons. The number of carboxylic acid groups (broad SMARTS) is 1. The molecule has 3 amide bonds. The lowest BCUT2D eigenvalue weighted by Crippen LogP contribution is -2.48. The van der Waals surface area contributed by atoms with Crippen LogP contribution in [0.4, 0.5) is 21.1 Å². The molecular formula is C27H38N6O4. The van der Waals surface area contributed by atoms with Crippen molar-refractivity contribution in [2.45, 2.75) is 59.5 Å². The highest BCUT2D eigenvalue weighted by molar-refractivity contribution is 5.89. The minimum Gasteiger partial charge on any atom is -0.465 e. The Morgan fingerprint density at radius 2 is 1.86 bits per heavy atom. The maximum atomic E-state index is 12.2. The second-order valence-electron chi connectivity index (χ2n) is 10.9. The van der Waals surface area contributed by atoms with Crippen LogP contribution in [0.3, 0.4) is 0 Å². The third-order valence-electron chi connectivity index (χ3n) is 7.22. The van der Waals surface area contributed by atoms with Gasteiger partial charge in [-0.3, -0.25) is 4.90 Å². The van der Waals surface area contributed by atoms with Gasteiger partial charge in [0.1, 0.15) is 5.82 Å². The molecule has 1 unspecified atom stereocenters. The average Bonchev–Trinajstić information content (AvgIpc) is 2.84. The fourth-order valence-corrected chi connectivity index (χ4v) is 5.10. The molecule has 10 nitrogen and oxygen atoms in total. The van der Waals surface area contributed by atoms with Crippen LogP contribution < -0.4 is 15.5 Å². The largest absolute Gasteiger partial charge is 0.465 e. The molecule has 3 N–H and O–H groups in total. The number of nitrogens with one attached hydrogen (secondary N) is 2. The second kappa shape index (κ2) is 10.5. The van der Waals surface area contributed by atoms with E-state index in [1.807, 2.05) is 38.1 Å². The summed E-state index contributed by atoms with van der Waals surface area (Å²) in [6, 6.07) is 6.82. The van der Waals surface area contributed by atoms with E-state index in [1.165, 1.54) is 4.90 Å². The van der Waals surface area contributed by atoms with Crippen LogP contribution in [0, 0.1) is 5.41 Å². The number of nitrogens with zero attached hydrogens (tertiary/aromatic N) is 4. The van der Waals surface area contributed by atoms with Crippen LogP contribution >= 0.6 is 0 Å². The van der Waals surface area contributed by atoms with Crippen molar-refractivity contribution in [3.63, 3.8) is 0 Å². The van der Waals surface area contributed by atoms with E-state index in [9.17, 15) is 14.7 Å². The maximum absolute atomic E-state index is 12.2. The van der Waals surface area contributed by atoms with Gasteiger partial charge in [-0.05, 0) is 50.5 Å². The topological polar surface area (TPSA) is 120 Å². The zero-order valence-corrected chi connectivity index (χ0v) is 22.5. The van der Waals surface area contributed by atoms with Crippen molar-refractivity contribution in [3.05, 3.63) is 35.5 Å². The predicted octanol–water partition coefficient (Wildman–Crippen LogP) is 4.69. The number of hydrogen-bond acceptors (Lipinski definition) is 6. The van der Waals surface area contributed by atoms with Gasteiger partial charge in [-0.25, -0.2) is 19.6 Å². The Hall–Kier alpha value is -3.40. The smallest absolute Gasteiger partial charge is 0.407 e. The minimum atomic E-state index is -0.949. The fraction of sp³-hybridized carbons (Fsp3) is 0.556. The lowest BCUT2D eigenvalue weighted by atomic mass is 9.72. The third-order valence-corrected chi connectivity index (χ3v) is 7.22. The Kier molecular flexibility index (Phi) is 7.59. The molecule has 0 aliphatic carbocycles.